The lowest BCUT2D eigenvalue weighted by Crippen LogP contribution is -2.16. The zero-order valence-corrected chi connectivity index (χ0v) is 15.1. The molecule has 0 radical (unpaired) electrons. The van der Waals surface area contributed by atoms with Crippen molar-refractivity contribution in [1.29, 1.82) is 0 Å². The van der Waals surface area contributed by atoms with Crippen LogP contribution in [0, 0.1) is 0 Å². The Morgan fingerprint density at radius 2 is 1.92 bits per heavy atom. The Bertz CT molecular complexity index is 721. The summed E-state index contributed by atoms with van der Waals surface area (Å²) in [5.74, 6) is -0.258. The number of thioether (sulfide) groups is 1. The number of esters is 1. The molecule has 0 saturated carbocycles. The average Bonchev–Trinajstić information content (AvgIpc) is 2.87. The summed E-state index contributed by atoms with van der Waals surface area (Å²) >= 11 is 7.99. The zero-order valence-electron chi connectivity index (χ0n) is 13.5. The van der Waals surface area contributed by atoms with Crippen LogP contribution in [0.2, 0.25) is 5.02 Å². The van der Waals surface area contributed by atoms with E-state index in [0.717, 1.165) is 36.4 Å². The number of ether oxygens (including phenoxy) is 1. The van der Waals surface area contributed by atoms with Crippen molar-refractivity contribution in [2.24, 2.45) is 0 Å². The number of fused-ring (bicyclic) bond motifs is 1. The van der Waals surface area contributed by atoms with Crippen LogP contribution in [0.25, 0.3) is 0 Å². The van der Waals surface area contributed by atoms with E-state index in [1.807, 2.05) is 36.4 Å². The van der Waals surface area contributed by atoms with Gasteiger partial charge in [0.15, 0.2) is 0 Å². The van der Waals surface area contributed by atoms with Gasteiger partial charge in [-0.2, -0.15) is 0 Å². The molecule has 0 fully saturated rings. The molecule has 0 saturated heterocycles. The molecule has 1 unspecified atom stereocenters. The number of carbonyl (C=O) groups excluding carboxylic acids is 1. The summed E-state index contributed by atoms with van der Waals surface area (Å²) < 4.78 is 5.03. The Hall–Kier alpha value is -1.49. The highest BCUT2D eigenvalue weighted by Crippen LogP contribution is 2.42. The standard InChI is InChI=1S/C19H20ClNO2S/c1-23-19(22)17(14-5-3-2-4-6-14)24-18-15-10-12-21-11-9-13(15)7-8-16(18)20/h2-8,17,21H,9-12H2,1H3. The number of benzene rings is 2. The van der Waals surface area contributed by atoms with Crippen molar-refractivity contribution in [3.05, 3.63) is 64.2 Å². The highest BCUT2D eigenvalue weighted by molar-refractivity contribution is 8.00. The van der Waals surface area contributed by atoms with Crippen molar-refractivity contribution in [2.75, 3.05) is 20.2 Å². The minimum atomic E-state index is -0.420. The first-order valence-electron chi connectivity index (χ1n) is 8.01. The maximum absolute atomic E-state index is 12.4. The van der Waals surface area contributed by atoms with Crippen LogP contribution in [0.5, 0.6) is 0 Å². The van der Waals surface area contributed by atoms with Gasteiger partial charge in [-0.1, -0.05) is 48.0 Å². The molecule has 1 aliphatic heterocycles. The van der Waals surface area contributed by atoms with Gasteiger partial charge in [0.2, 0.25) is 0 Å². The molecule has 1 heterocycles. The molecule has 1 atom stereocenters. The largest absolute Gasteiger partial charge is 0.468 e. The third-order valence-electron chi connectivity index (χ3n) is 4.19. The number of hydrogen-bond donors (Lipinski definition) is 1. The molecular formula is C19H20ClNO2S. The summed E-state index contributed by atoms with van der Waals surface area (Å²) in [5.41, 5.74) is 3.49. The lowest BCUT2D eigenvalue weighted by molar-refractivity contribution is -0.140. The van der Waals surface area contributed by atoms with Crippen LogP contribution in [0.4, 0.5) is 0 Å². The molecule has 2 aromatic rings. The summed E-state index contributed by atoms with van der Waals surface area (Å²) in [7, 11) is 1.43. The quantitative estimate of drug-likeness (QED) is 0.659. The SMILES string of the molecule is COC(=O)C(Sc1c(Cl)ccc2c1CCNCC2)c1ccccc1. The molecule has 3 nitrogen and oxygen atoms in total. The van der Waals surface area contributed by atoms with E-state index in [0.29, 0.717) is 5.02 Å². The monoisotopic (exact) mass is 361 g/mol. The van der Waals surface area contributed by atoms with Crippen molar-refractivity contribution < 1.29 is 9.53 Å². The van der Waals surface area contributed by atoms with Crippen LogP contribution < -0.4 is 5.32 Å². The Morgan fingerprint density at radius 1 is 1.17 bits per heavy atom. The zero-order chi connectivity index (χ0) is 16.9. The summed E-state index contributed by atoms with van der Waals surface area (Å²) in [4.78, 5) is 13.4. The molecule has 0 spiro atoms. The molecule has 126 valence electrons. The van der Waals surface area contributed by atoms with E-state index in [2.05, 4.69) is 11.4 Å². The predicted octanol–water partition coefficient (Wildman–Crippen LogP) is 4.03. The lowest BCUT2D eigenvalue weighted by atomic mass is 10.0. The van der Waals surface area contributed by atoms with Gasteiger partial charge in [0.05, 0.1) is 12.1 Å². The van der Waals surface area contributed by atoms with Crippen LogP contribution in [-0.2, 0) is 22.4 Å². The third kappa shape index (κ3) is 3.77. The number of nitrogens with one attached hydrogen (secondary N) is 1. The molecule has 0 amide bonds. The van der Waals surface area contributed by atoms with E-state index < -0.39 is 5.25 Å². The number of halogens is 1. The molecule has 5 heteroatoms. The van der Waals surface area contributed by atoms with Crippen molar-refractivity contribution in [2.45, 2.75) is 23.0 Å². The number of methoxy groups -OCH3 is 1. The maximum Gasteiger partial charge on any atom is 0.323 e. The number of hydrogen-bond acceptors (Lipinski definition) is 4. The molecule has 24 heavy (non-hydrogen) atoms. The summed E-state index contributed by atoms with van der Waals surface area (Å²) in [6.07, 6.45) is 1.90. The second-order valence-corrected chi connectivity index (χ2v) is 7.22. The van der Waals surface area contributed by atoms with Gasteiger partial charge in [0.1, 0.15) is 5.25 Å². The molecule has 2 aromatic carbocycles. The van der Waals surface area contributed by atoms with Crippen LogP contribution in [0.3, 0.4) is 0 Å². The van der Waals surface area contributed by atoms with Crippen LogP contribution in [0.15, 0.2) is 47.4 Å². The van der Waals surface area contributed by atoms with E-state index in [4.69, 9.17) is 16.3 Å². The van der Waals surface area contributed by atoms with Gasteiger partial charge in [-0.05, 0) is 48.7 Å². The summed E-state index contributed by atoms with van der Waals surface area (Å²) in [5, 5.41) is 3.70. The Morgan fingerprint density at radius 3 is 2.67 bits per heavy atom. The third-order valence-corrected chi connectivity index (χ3v) is 6.02. The van der Waals surface area contributed by atoms with E-state index in [1.165, 1.54) is 30.0 Å². The van der Waals surface area contributed by atoms with Gasteiger partial charge in [-0.3, -0.25) is 4.79 Å². The van der Waals surface area contributed by atoms with Crippen molar-refractivity contribution in [1.82, 2.24) is 5.32 Å². The molecule has 0 aliphatic carbocycles. The summed E-state index contributed by atoms with van der Waals surface area (Å²) in [6, 6.07) is 13.7. The van der Waals surface area contributed by atoms with Crippen molar-refractivity contribution >= 4 is 29.3 Å². The molecule has 0 aromatic heterocycles. The lowest BCUT2D eigenvalue weighted by Gasteiger charge is -2.19. The first-order valence-corrected chi connectivity index (χ1v) is 9.27. The minimum absolute atomic E-state index is 0.258. The molecule has 3 rings (SSSR count). The highest BCUT2D eigenvalue weighted by Gasteiger charge is 2.26. The fraction of sp³-hybridized carbons (Fsp3) is 0.316. The van der Waals surface area contributed by atoms with Gasteiger partial charge in [-0.15, -0.1) is 11.8 Å². The van der Waals surface area contributed by atoms with Crippen molar-refractivity contribution in [3.63, 3.8) is 0 Å². The van der Waals surface area contributed by atoms with E-state index >= 15 is 0 Å². The van der Waals surface area contributed by atoms with Gasteiger partial charge in [0, 0.05) is 4.90 Å². The van der Waals surface area contributed by atoms with Crippen LogP contribution in [0.1, 0.15) is 21.9 Å². The van der Waals surface area contributed by atoms with Crippen LogP contribution >= 0.6 is 23.4 Å². The van der Waals surface area contributed by atoms with E-state index in [-0.39, 0.29) is 5.97 Å². The Balaban J connectivity index is 2.00. The second-order valence-electron chi connectivity index (χ2n) is 5.70. The van der Waals surface area contributed by atoms with Gasteiger partial charge in [0.25, 0.3) is 0 Å². The first kappa shape index (κ1) is 17.3. The molecular weight excluding hydrogens is 342 g/mol. The van der Waals surface area contributed by atoms with Gasteiger partial charge in [-0.25, -0.2) is 0 Å². The smallest absolute Gasteiger partial charge is 0.323 e. The average molecular weight is 362 g/mol. The number of carbonyl (C=O) groups is 1. The molecule has 1 aliphatic rings. The highest BCUT2D eigenvalue weighted by atomic mass is 35.5. The van der Waals surface area contributed by atoms with Crippen molar-refractivity contribution in [3.8, 4) is 0 Å². The Labute approximate surface area is 151 Å². The van der Waals surface area contributed by atoms with E-state index in [9.17, 15) is 4.79 Å². The predicted molar refractivity (Wildman–Crippen MR) is 98.8 cm³/mol. The second kappa shape index (κ2) is 8.06. The Kier molecular flexibility index (Phi) is 5.82. The van der Waals surface area contributed by atoms with E-state index in [1.54, 1.807) is 0 Å². The summed E-state index contributed by atoms with van der Waals surface area (Å²) in [6.45, 7) is 1.90. The fourth-order valence-electron chi connectivity index (χ4n) is 2.94. The van der Waals surface area contributed by atoms with Crippen LogP contribution in [-0.4, -0.2) is 26.2 Å². The topological polar surface area (TPSA) is 38.3 Å². The fourth-order valence-corrected chi connectivity index (χ4v) is 4.53. The normalized spacial score (nSPS) is 15.2. The first-order chi connectivity index (χ1) is 11.7. The molecule has 0 bridgehead atoms. The maximum atomic E-state index is 12.4. The molecule has 1 N–H and O–H groups in total. The van der Waals surface area contributed by atoms with Gasteiger partial charge >= 0.3 is 5.97 Å². The van der Waals surface area contributed by atoms with Gasteiger partial charge < -0.3 is 10.1 Å². The number of rotatable bonds is 4. The minimum Gasteiger partial charge on any atom is -0.468 e.